The van der Waals surface area contributed by atoms with Crippen LogP contribution in [0.15, 0.2) is 59.6 Å². The van der Waals surface area contributed by atoms with E-state index < -0.39 is 11.6 Å². The first-order valence-electron chi connectivity index (χ1n) is 10.3. The predicted molar refractivity (Wildman–Crippen MR) is 134 cm³/mol. The van der Waals surface area contributed by atoms with Gasteiger partial charge in [0.05, 0.1) is 0 Å². The monoisotopic (exact) mass is 539 g/mol. The van der Waals surface area contributed by atoms with Gasteiger partial charge in [0.1, 0.15) is 17.3 Å². The van der Waals surface area contributed by atoms with Crippen molar-refractivity contribution in [3.63, 3.8) is 0 Å². The van der Waals surface area contributed by atoms with Gasteiger partial charge in [-0.1, -0.05) is 30.4 Å². The molecule has 0 aromatic heterocycles. The molecular formula is C23H28F2IN5. The van der Waals surface area contributed by atoms with E-state index in [1.165, 1.54) is 23.9 Å². The molecule has 0 bridgehead atoms. The Kier molecular flexibility index (Phi) is 8.11. The maximum Gasteiger partial charge on any atom is 0.191 e. The van der Waals surface area contributed by atoms with Crippen molar-refractivity contribution in [2.45, 2.75) is 19.0 Å². The second-order valence-electron chi connectivity index (χ2n) is 7.61. The molecule has 2 aromatic rings. The fourth-order valence-electron chi connectivity index (χ4n) is 3.96. The fraction of sp³-hybridized carbons (Fsp3) is 0.348. The van der Waals surface area contributed by atoms with Gasteiger partial charge in [-0.05, 0) is 36.2 Å². The molecule has 2 aliphatic rings. The molecule has 5 nitrogen and oxygen atoms in total. The lowest BCUT2D eigenvalue weighted by molar-refractivity contribution is 0.576. The lowest BCUT2D eigenvalue weighted by Gasteiger charge is -2.21. The summed E-state index contributed by atoms with van der Waals surface area (Å²) in [4.78, 5) is 8.35. The van der Waals surface area contributed by atoms with Crippen molar-refractivity contribution >= 4 is 41.3 Å². The third kappa shape index (κ3) is 5.66. The first-order valence-corrected chi connectivity index (χ1v) is 10.3. The molecule has 1 fully saturated rings. The van der Waals surface area contributed by atoms with E-state index in [2.05, 4.69) is 56.9 Å². The quantitative estimate of drug-likeness (QED) is 0.262. The Morgan fingerprint density at radius 3 is 2.35 bits per heavy atom. The Morgan fingerprint density at radius 1 is 1.03 bits per heavy atom. The molecule has 0 aliphatic carbocycles. The molecule has 31 heavy (non-hydrogen) atoms. The van der Waals surface area contributed by atoms with Crippen molar-refractivity contribution < 1.29 is 8.78 Å². The number of nitrogens with zero attached hydrogens (tertiary/aromatic N) is 3. The van der Waals surface area contributed by atoms with Gasteiger partial charge in [-0.25, -0.2) is 8.78 Å². The summed E-state index contributed by atoms with van der Waals surface area (Å²) in [5.74, 6) is -0.360. The molecule has 2 aliphatic heterocycles. The number of aliphatic imine (C=N–C) groups is 1. The topological polar surface area (TPSA) is 42.9 Å². The van der Waals surface area contributed by atoms with Crippen LogP contribution in [0.3, 0.4) is 0 Å². The molecule has 1 atom stereocenters. The summed E-state index contributed by atoms with van der Waals surface area (Å²) in [6.45, 7) is 3.69. The molecule has 1 unspecified atom stereocenters. The maximum atomic E-state index is 14.0. The fourth-order valence-corrected chi connectivity index (χ4v) is 3.96. The van der Waals surface area contributed by atoms with E-state index in [1.807, 2.05) is 0 Å². The third-order valence-electron chi connectivity index (χ3n) is 5.59. The van der Waals surface area contributed by atoms with E-state index in [0.29, 0.717) is 25.6 Å². The summed E-state index contributed by atoms with van der Waals surface area (Å²) in [5.41, 5.74) is 2.44. The van der Waals surface area contributed by atoms with E-state index in [-0.39, 0.29) is 35.7 Å². The number of hydrogen-bond acceptors (Lipinski definition) is 3. The van der Waals surface area contributed by atoms with Gasteiger partial charge >= 0.3 is 0 Å². The van der Waals surface area contributed by atoms with Gasteiger partial charge < -0.3 is 20.4 Å². The highest BCUT2D eigenvalue weighted by Gasteiger charge is 2.27. The summed E-state index contributed by atoms with van der Waals surface area (Å²) in [7, 11) is 1.72. The predicted octanol–water partition coefficient (Wildman–Crippen LogP) is 3.90. The van der Waals surface area contributed by atoms with Gasteiger partial charge in [0.15, 0.2) is 5.96 Å². The van der Waals surface area contributed by atoms with Crippen molar-refractivity contribution in [2.24, 2.45) is 4.99 Å². The van der Waals surface area contributed by atoms with Crippen LogP contribution >= 0.6 is 24.0 Å². The Balaban J connectivity index is 0.00000272. The third-order valence-corrected chi connectivity index (χ3v) is 5.59. The van der Waals surface area contributed by atoms with Gasteiger partial charge in [-0.3, -0.25) is 4.99 Å². The minimum absolute atomic E-state index is 0. The van der Waals surface area contributed by atoms with E-state index in [4.69, 9.17) is 0 Å². The van der Waals surface area contributed by atoms with Gasteiger partial charge in [0.25, 0.3) is 0 Å². The average Bonchev–Trinajstić information content (AvgIpc) is 3.44. The first kappa shape index (κ1) is 23.3. The lowest BCUT2D eigenvalue weighted by atomic mass is 10.2. The van der Waals surface area contributed by atoms with Crippen molar-refractivity contribution in [1.29, 1.82) is 0 Å². The van der Waals surface area contributed by atoms with Crippen molar-refractivity contribution in [2.75, 3.05) is 43.0 Å². The maximum absolute atomic E-state index is 14.0. The SMILES string of the molecule is CN=C(NCc1ccc(N2CC=CC2)cc1)NC1CCN(c2c(F)cccc2F)C1.I. The molecule has 166 valence electrons. The van der Waals surface area contributed by atoms with Crippen LogP contribution < -0.4 is 20.4 Å². The van der Waals surface area contributed by atoms with Crippen LogP contribution in [-0.2, 0) is 6.54 Å². The van der Waals surface area contributed by atoms with Crippen LogP contribution in [0, 0.1) is 11.6 Å². The summed E-state index contributed by atoms with van der Waals surface area (Å²) < 4.78 is 28.1. The number of nitrogens with one attached hydrogen (secondary N) is 2. The first-order chi connectivity index (χ1) is 14.6. The average molecular weight is 539 g/mol. The molecule has 0 saturated carbocycles. The number of hydrogen-bond donors (Lipinski definition) is 2. The molecule has 0 amide bonds. The molecule has 8 heteroatoms. The number of rotatable bonds is 5. The lowest BCUT2D eigenvalue weighted by Crippen LogP contribution is -2.44. The normalized spacial score (nSPS) is 18.3. The summed E-state index contributed by atoms with van der Waals surface area (Å²) in [6, 6.07) is 12.6. The second kappa shape index (κ2) is 10.8. The number of para-hydroxylation sites is 1. The molecule has 0 radical (unpaired) electrons. The number of anilines is 2. The Bertz CT molecular complexity index is 904. The highest BCUT2D eigenvalue weighted by molar-refractivity contribution is 14.0. The van der Waals surface area contributed by atoms with Crippen LogP contribution in [0.1, 0.15) is 12.0 Å². The minimum Gasteiger partial charge on any atom is -0.365 e. The second-order valence-corrected chi connectivity index (χ2v) is 7.61. The molecule has 2 heterocycles. The van der Waals surface area contributed by atoms with Crippen LogP contribution in [-0.4, -0.2) is 45.2 Å². The summed E-state index contributed by atoms with van der Waals surface area (Å²) in [5, 5.41) is 6.69. The van der Waals surface area contributed by atoms with Gasteiger partial charge in [-0.2, -0.15) is 0 Å². The molecular weight excluding hydrogens is 511 g/mol. The number of halogens is 3. The largest absolute Gasteiger partial charge is 0.365 e. The van der Waals surface area contributed by atoms with Crippen molar-refractivity contribution in [3.05, 3.63) is 71.8 Å². The van der Waals surface area contributed by atoms with E-state index in [1.54, 1.807) is 11.9 Å². The van der Waals surface area contributed by atoms with E-state index in [9.17, 15) is 8.78 Å². The molecule has 2 N–H and O–H groups in total. The molecule has 1 saturated heterocycles. The van der Waals surface area contributed by atoms with Crippen LogP contribution in [0.25, 0.3) is 0 Å². The summed E-state index contributed by atoms with van der Waals surface area (Å²) in [6.07, 6.45) is 5.14. The van der Waals surface area contributed by atoms with E-state index in [0.717, 1.165) is 25.1 Å². The highest BCUT2D eigenvalue weighted by atomic mass is 127. The zero-order chi connectivity index (χ0) is 20.9. The van der Waals surface area contributed by atoms with Crippen LogP contribution in [0.4, 0.5) is 20.2 Å². The standard InChI is InChI=1S/C23H27F2N5.HI/c1-26-23(27-15-17-7-9-19(10-8-17)29-12-2-3-13-29)28-18-11-14-30(16-18)22-20(24)5-4-6-21(22)25;/h2-10,18H,11-16H2,1H3,(H2,26,27,28);1H. The minimum atomic E-state index is -0.522. The highest BCUT2D eigenvalue weighted by Crippen LogP contribution is 2.26. The zero-order valence-electron chi connectivity index (χ0n) is 17.5. The van der Waals surface area contributed by atoms with E-state index >= 15 is 0 Å². The molecule has 4 rings (SSSR count). The smallest absolute Gasteiger partial charge is 0.191 e. The van der Waals surface area contributed by atoms with Gasteiger partial charge in [0, 0.05) is 51.5 Å². The Hall–Kier alpha value is -2.36. The summed E-state index contributed by atoms with van der Waals surface area (Å²) >= 11 is 0. The van der Waals surface area contributed by atoms with Crippen molar-refractivity contribution in [1.82, 2.24) is 10.6 Å². The van der Waals surface area contributed by atoms with Crippen LogP contribution in [0.2, 0.25) is 0 Å². The Labute approximate surface area is 199 Å². The number of guanidine groups is 1. The van der Waals surface area contributed by atoms with Gasteiger partial charge in [0.2, 0.25) is 0 Å². The number of benzene rings is 2. The zero-order valence-corrected chi connectivity index (χ0v) is 19.9. The van der Waals surface area contributed by atoms with Gasteiger partial charge in [-0.15, -0.1) is 24.0 Å². The van der Waals surface area contributed by atoms with Crippen molar-refractivity contribution in [3.8, 4) is 0 Å². The van der Waals surface area contributed by atoms with Crippen LogP contribution in [0.5, 0.6) is 0 Å². The Morgan fingerprint density at radius 2 is 1.71 bits per heavy atom. The molecule has 0 spiro atoms. The molecule has 2 aromatic carbocycles.